The molecule has 3 N–H and O–H groups in total. The summed E-state index contributed by atoms with van der Waals surface area (Å²) in [5.74, 6) is 1.40. The number of aromatic nitrogens is 1. The van der Waals surface area contributed by atoms with Crippen molar-refractivity contribution in [3.05, 3.63) is 18.3 Å². The fourth-order valence-electron chi connectivity index (χ4n) is 1.33. The molecule has 0 aromatic carbocycles. The SMILES string of the molecule is NCC1=Nc2cccn2C(C=O)N1. The molecular weight excluding hydrogens is 168 g/mol. The van der Waals surface area contributed by atoms with E-state index in [1.165, 1.54) is 0 Å². The molecule has 1 aliphatic heterocycles. The minimum absolute atomic E-state index is 0.315. The van der Waals surface area contributed by atoms with Crippen LogP contribution >= 0.6 is 0 Å². The van der Waals surface area contributed by atoms with Crippen LogP contribution in [-0.2, 0) is 4.79 Å². The number of hydrogen-bond donors (Lipinski definition) is 2. The Kier molecular flexibility index (Phi) is 1.86. The molecule has 5 nitrogen and oxygen atoms in total. The lowest BCUT2D eigenvalue weighted by atomic mass is 10.4. The van der Waals surface area contributed by atoms with Crippen molar-refractivity contribution in [3.63, 3.8) is 0 Å². The van der Waals surface area contributed by atoms with Crippen LogP contribution in [0.5, 0.6) is 0 Å². The van der Waals surface area contributed by atoms with Gasteiger partial charge in [0.15, 0.2) is 12.5 Å². The molecule has 0 saturated carbocycles. The molecule has 5 heteroatoms. The van der Waals surface area contributed by atoms with E-state index < -0.39 is 0 Å². The molecule has 0 spiro atoms. The molecule has 0 saturated heterocycles. The third kappa shape index (κ3) is 1.23. The van der Waals surface area contributed by atoms with E-state index in [2.05, 4.69) is 10.3 Å². The molecule has 0 radical (unpaired) electrons. The lowest BCUT2D eigenvalue weighted by Crippen LogP contribution is -2.39. The summed E-state index contributed by atoms with van der Waals surface area (Å²) in [6, 6.07) is 3.68. The van der Waals surface area contributed by atoms with Crippen LogP contribution in [0.4, 0.5) is 5.82 Å². The van der Waals surface area contributed by atoms with Crippen molar-refractivity contribution < 1.29 is 4.79 Å². The topological polar surface area (TPSA) is 72.4 Å². The first-order valence-electron chi connectivity index (χ1n) is 4.01. The van der Waals surface area contributed by atoms with Gasteiger partial charge in [0, 0.05) is 6.20 Å². The summed E-state index contributed by atoms with van der Waals surface area (Å²) < 4.78 is 1.76. The highest BCUT2D eigenvalue weighted by atomic mass is 16.1. The van der Waals surface area contributed by atoms with Gasteiger partial charge in [0.1, 0.15) is 11.7 Å². The van der Waals surface area contributed by atoms with Crippen LogP contribution in [0.3, 0.4) is 0 Å². The minimum Gasteiger partial charge on any atom is -0.346 e. The predicted molar refractivity (Wildman–Crippen MR) is 48.8 cm³/mol. The largest absolute Gasteiger partial charge is 0.346 e. The number of aliphatic imine (C=N–C) groups is 1. The second kappa shape index (κ2) is 3.02. The number of amidine groups is 1. The smallest absolute Gasteiger partial charge is 0.163 e. The van der Waals surface area contributed by atoms with Gasteiger partial charge in [-0.1, -0.05) is 0 Å². The van der Waals surface area contributed by atoms with Gasteiger partial charge in [-0.2, -0.15) is 0 Å². The molecule has 2 heterocycles. The number of nitrogens with two attached hydrogens (primary N) is 1. The Balaban J connectivity index is 2.43. The van der Waals surface area contributed by atoms with Crippen molar-refractivity contribution in [3.8, 4) is 0 Å². The summed E-state index contributed by atoms with van der Waals surface area (Å²) in [6.07, 6.45) is 2.26. The Morgan fingerprint density at radius 1 is 1.77 bits per heavy atom. The lowest BCUT2D eigenvalue weighted by molar-refractivity contribution is -0.110. The van der Waals surface area contributed by atoms with Gasteiger partial charge in [-0.05, 0) is 12.1 Å². The van der Waals surface area contributed by atoms with Gasteiger partial charge in [-0.3, -0.25) is 4.79 Å². The molecule has 0 fully saturated rings. The van der Waals surface area contributed by atoms with Gasteiger partial charge < -0.3 is 15.6 Å². The maximum absolute atomic E-state index is 10.7. The molecule has 1 aromatic rings. The number of nitrogens with zero attached hydrogens (tertiary/aromatic N) is 2. The Bertz CT molecular complexity index is 355. The van der Waals surface area contributed by atoms with Gasteiger partial charge in [-0.15, -0.1) is 0 Å². The second-order valence-electron chi connectivity index (χ2n) is 2.76. The van der Waals surface area contributed by atoms with Crippen LogP contribution in [0.25, 0.3) is 0 Å². The molecule has 13 heavy (non-hydrogen) atoms. The number of nitrogens with one attached hydrogen (secondary N) is 1. The van der Waals surface area contributed by atoms with E-state index in [4.69, 9.17) is 5.73 Å². The molecule has 0 aliphatic carbocycles. The number of hydrogen-bond acceptors (Lipinski definition) is 4. The average molecular weight is 178 g/mol. The summed E-state index contributed by atoms with van der Waals surface area (Å²) >= 11 is 0. The maximum atomic E-state index is 10.7. The van der Waals surface area contributed by atoms with Crippen molar-refractivity contribution in [2.24, 2.45) is 10.7 Å². The van der Waals surface area contributed by atoms with Crippen molar-refractivity contribution >= 4 is 17.9 Å². The number of carbonyl (C=O) groups excluding carboxylic acids is 1. The van der Waals surface area contributed by atoms with Gasteiger partial charge >= 0.3 is 0 Å². The number of fused-ring (bicyclic) bond motifs is 1. The minimum atomic E-state index is -0.374. The van der Waals surface area contributed by atoms with Crippen LogP contribution in [0.1, 0.15) is 6.17 Å². The molecule has 0 amide bonds. The first-order valence-corrected chi connectivity index (χ1v) is 4.01. The highest BCUT2D eigenvalue weighted by molar-refractivity contribution is 5.89. The zero-order valence-electron chi connectivity index (χ0n) is 6.97. The van der Waals surface area contributed by atoms with Gasteiger partial charge in [-0.25, -0.2) is 4.99 Å². The molecule has 68 valence electrons. The highest BCUT2D eigenvalue weighted by Gasteiger charge is 2.17. The van der Waals surface area contributed by atoms with Gasteiger partial charge in [0.05, 0.1) is 6.54 Å². The summed E-state index contributed by atoms with van der Waals surface area (Å²) in [5.41, 5.74) is 5.43. The summed E-state index contributed by atoms with van der Waals surface area (Å²) in [6.45, 7) is 0.315. The third-order valence-corrected chi connectivity index (χ3v) is 1.94. The Morgan fingerprint density at radius 3 is 3.31 bits per heavy atom. The lowest BCUT2D eigenvalue weighted by Gasteiger charge is -2.22. The fraction of sp³-hybridized carbons (Fsp3) is 0.250. The van der Waals surface area contributed by atoms with Crippen molar-refractivity contribution in [1.29, 1.82) is 0 Å². The van der Waals surface area contributed by atoms with Crippen molar-refractivity contribution in [2.45, 2.75) is 6.17 Å². The van der Waals surface area contributed by atoms with E-state index in [-0.39, 0.29) is 6.17 Å². The molecule has 1 aromatic heterocycles. The third-order valence-electron chi connectivity index (χ3n) is 1.94. The average Bonchev–Trinajstić information content (AvgIpc) is 2.63. The molecular formula is C8H10N4O. The molecule has 0 bridgehead atoms. The van der Waals surface area contributed by atoms with Gasteiger partial charge in [0.25, 0.3) is 0 Å². The molecule has 1 unspecified atom stereocenters. The van der Waals surface area contributed by atoms with Crippen molar-refractivity contribution in [1.82, 2.24) is 9.88 Å². The van der Waals surface area contributed by atoms with E-state index in [0.717, 1.165) is 12.1 Å². The van der Waals surface area contributed by atoms with E-state index in [1.54, 1.807) is 10.8 Å². The first kappa shape index (κ1) is 8.00. The summed E-state index contributed by atoms with van der Waals surface area (Å²) in [7, 11) is 0. The summed E-state index contributed by atoms with van der Waals surface area (Å²) in [5, 5.41) is 2.92. The monoisotopic (exact) mass is 178 g/mol. The Labute approximate surface area is 75.3 Å². The maximum Gasteiger partial charge on any atom is 0.163 e. The predicted octanol–water partition coefficient (Wildman–Crippen LogP) is -0.223. The van der Waals surface area contributed by atoms with Crippen LogP contribution in [0.15, 0.2) is 23.3 Å². The zero-order valence-corrected chi connectivity index (χ0v) is 6.97. The highest BCUT2D eigenvalue weighted by Crippen LogP contribution is 2.20. The van der Waals surface area contributed by atoms with Crippen LogP contribution in [0.2, 0.25) is 0 Å². The first-order chi connectivity index (χ1) is 6.35. The van der Waals surface area contributed by atoms with Crippen molar-refractivity contribution in [2.75, 3.05) is 6.54 Å². The quantitative estimate of drug-likeness (QED) is 0.615. The Hall–Kier alpha value is -1.62. The summed E-state index contributed by atoms with van der Waals surface area (Å²) in [4.78, 5) is 14.9. The van der Waals surface area contributed by atoms with Crippen LogP contribution in [-0.4, -0.2) is 23.2 Å². The zero-order chi connectivity index (χ0) is 9.26. The van der Waals surface area contributed by atoms with E-state index >= 15 is 0 Å². The van der Waals surface area contributed by atoms with Crippen LogP contribution in [0, 0.1) is 0 Å². The Morgan fingerprint density at radius 2 is 2.62 bits per heavy atom. The normalized spacial score (nSPS) is 20.1. The number of rotatable bonds is 2. The van der Waals surface area contributed by atoms with E-state index in [1.807, 2.05) is 12.1 Å². The molecule has 2 rings (SSSR count). The molecule has 1 atom stereocenters. The van der Waals surface area contributed by atoms with E-state index in [0.29, 0.717) is 12.4 Å². The number of aldehydes is 1. The molecule has 1 aliphatic rings. The standard InChI is InChI=1S/C8H10N4O/c9-4-6-10-7-2-1-3-12(7)8(5-13)11-6/h1-3,5,8H,4,9H2,(H,10,11). The van der Waals surface area contributed by atoms with E-state index in [9.17, 15) is 4.79 Å². The number of carbonyl (C=O) groups is 1. The fourth-order valence-corrected chi connectivity index (χ4v) is 1.33. The second-order valence-corrected chi connectivity index (χ2v) is 2.76. The van der Waals surface area contributed by atoms with Crippen LogP contribution < -0.4 is 11.1 Å². The van der Waals surface area contributed by atoms with Gasteiger partial charge in [0.2, 0.25) is 0 Å².